The van der Waals surface area contributed by atoms with Crippen molar-refractivity contribution < 1.29 is 9.50 Å². The van der Waals surface area contributed by atoms with Gasteiger partial charge in [0.25, 0.3) is 0 Å². The Labute approximate surface area is 116 Å². The van der Waals surface area contributed by atoms with Gasteiger partial charge in [-0.15, -0.1) is 0 Å². The molecule has 90 valence electrons. The summed E-state index contributed by atoms with van der Waals surface area (Å²) in [6.45, 7) is 0. The first-order valence-electron chi connectivity index (χ1n) is 4.77. The number of phenols is 1. The highest BCUT2D eigenvalue weighted by molar-refractivity contribution is 9.10. The van der Waals surface area contributed by atoms with E-state index in [1.54, 1.807) is 0 Å². The van der Waals surface area contributed by atoms with Crippen LogP contribution in [0.25, 0.3) is 11.1 Å². The Morgan fingerprint density at radius 2 is 2.11 bits per heavy atom. The van der Waals surface area contributed by atoms with Gasteiger partial charge in [0, 0.05) is 17.3 Å². The van der Waals surface area contributed by atoms with Gasteiger partial charge in [-0.3, -0.25) is 0 Å². The van der Waals surface area contributed by atoms with Crippen molar-refractivity contribution in [1.29, 1.82) is 5.26 Å². The van der Waals surface area contributed by atoms with Crippen molar-refractivity contribution in [3.8, 4) is 22.9 Å². The van der Waals surface area contributed by atoms with Gasteiger partial charge in [0.1, 0.15) is 5.75 Å². The summed E-state index contributed by atoms with van der Waals surface area (Å²) in [5.41, 5.74) is 0.987. The van der Waals surface area contributed by atoms with Crippen molar-refractivity contribution in [3.63, 3.8) is 0 Å². The Balaban J connectivity index is 2.67. The van der Waals surface area contributed by atoms with E-state index in [9.17, 15) is 9.50 Å². The summed E-state index contributed by atoms with van der Waals surface area (Å²) in [5.74, 6) is -0.774. The van der Waals surface area contributed by atoms with Crippen LogP contribution in [-0.4, -0.2) is 10.1 Å². The quantitative estimate of drug-likeness (QED) is 0.809. The topological polar surface area (TPSA) is 56.9 Å². The molecule has 6 heteroatoms. The molecule has 1 aromatic carbocycles. The molecular formula is C12H5BrClFN2O. The Hall–Kier alpha value is -1.64. The van der Waals surface area contributed by atoms with Gasteiger partial charge in [-0.05, 0) is 34.1 Å². The number of pyridine rings is 1. The fourth-order valence-corrected chi connectivity index (χ4v) is 2.02. The second-order valence-electron chi connectivity index (χ2n) is 3.46. The van der Waals surface area contributed by atoms with Gasteiger partial charge >= 0.3 is 0 Å². The first-order valence-corrected chi connectivity index (χ1v) is 5.94. The summed E-state index contributed by atoms with van der Waals surface area (Å²) in [6, 6.07) is 6.02. The molecule has 3 nitrogen and oxygen atoms in total. The Morgan fingerprint density at radius 3 is 2.72 bits per heavy atom. The highest BCUT2D eigenvalue weighted by Gasteiger charge is 2.12. The molecule has 0 aliphatic rings. The normalized spacial score (nSPS) is 10.1. The lowest BCUT2D eigenvalue weighted by molar-refractivity contribution is 0.474. The molecule has 0 aliphatic carbocycles. The fourth-order valence-electron chi connectivity index (χ4n) is 1.45. The SMILES string of the molecule is N#Cc1cc(Br)c(O)c(-c2cnc(Cl)c(F)c2)c1. The first-order chi connectivity index (χ1) is 8.52. The van der Waals surface area contributed by atoms with E-state index in [1.807, 2.05) is 6.07 Å². The highest BCUT2D eigenvalue weighted by atomic mass is 79.9. The van der Waals surface area contributed by atoms with Crippen molar-refractivity contribution in [1.82, 2.24) is 4.98 Å². The summed E-state index contributed by atoms with van der Waals surface area (Å²) >= 11 is 8.61. The highest BCUT2D eigenvalue weighted by Crippen LogP contribution is 2.36. The minimum atomic E-state index is -0.688. The van der Waals surface area contributed by atoms with E-state index < -0.39 is 5.82 Å². The van der Waals surface area contributed by atoms with E-state index in [0.29, 0.717) is 21.2 Å². The summed E-state index contributed by atoms with van der Waals surface area (Å²) < 4.78 is 13.7. The number of nitriles is 1. The van der Waals surface area contributed by atoms with E-state index in [4.69, 9.17) is 16.9 Å². The molecule has 1 heterocycles. The number of aromatic hydroxyl groups is 1. The third-order valence-electron chi connectivity index (χ3n) is 2.30. The molecule has 0 amide bonds. The summed E-state index contributed by atoms with van der Waals surface area (Å²) in [5, 5.41) is 18.5. The molecule has 0 spiro atoms. The Morgan fingerprint density at radius 1 is 1.39 bits per heavy atom. The van der Waals surface area contributed by atoms with Crippen LogP contribution in [0.4, 0.5) is 4.39 Å². The van der Waals surface area contributed by atoms with Crippen LogP contribution >= 0.6 is 27.5 Å². The van der Waals surface area contributed by atoms with Gasteiger partial charge in [0.2, 0.25) is 0 Å². The van der Waals surface area contributed by atoms with E-state index in [-0.39, 0.29) is 10.9 Å². The molecule has 2 aromatic rings. The molecule has 0 unspecified atom stereocenters. The van der Waals surface area contributed by atoms with Crippen LogP contribution in [-0.2, 0) is 0 Å². The summed E-state index contributed by atoms with van der Waals surface area (Å²) in [4.78, 5) is 3.66. The van der Waals surface area contributed by atoms with Crippen molar-refractivity contribution in [2.24, 2.45) is 0 Å². The van der Waals surface area contributed by atoms with Crippen LogP contribution < -0.4 is 0 Å². The second kappa shape index (κ2) is 4.92. The monoisotopic (exact) mass is 326 g/mol. The Bertz CT molecular complexity index is 670. The molecule has 1 N–H and O–H groups in total. The lowest BCUT2D eigenvalue weighted by atomic mass is 10.0. The van der Waals surface area contributed by atoms with Gasteiger partial charge in [-0.25, -0.2) is 9.37 Å². The predicted molar refractivity (Wildman–Crippen MR) is 68.7 cm³/mol. The van der Waals surface area contributed by atoms with Crippen molar-refractivity contribution in [3.05, 3.63) is 45.4 Å². The third-order valence-corrected chi connectivity index (χ3v) is 3.18. The maximum absolute atomic E-state index is 13.3. The summed E-state index contributed by atoms with van der Waals surface area (Å²) in [7, 11) is 0. The fraction of sp³-hybridized carbons (Fsp3) is 0. The molecule has 0 saturated carbocycles. The second-order valence-corrected chi connectivity index (χ2v) is 4.68. The average molecular weight is 328 g/mol. The zero-order valence-electron chi connectivity index (χ0n) is 8.78. The number of nitrogens with zero attached hydrogens (tertiary/aromatic N) is 2. The molecule has 0 atom stereocenters. The summed E-state index contributed by atoms with van der Waals surface area (Å²) in [6.07, 6.45) is 1.33. The van der Waals surface area contributed by atoms with Crippen LogP contribution in [0.1, 0.15) is 5.56 Å². The van der Waals surface area contributed by atoms with E-state index in [0.717, 1.165) is 6.07 Å². The lowest BCUT2D eigenvalue weighted by Crippen LogP contribution is -1.88. The number of phenolic OH excluding ortho intramolecular Hbond substituents is 1. The number of halogens is 3. The van der Waals surface area contributed by atoms with Crippen LogP contribution in [0.5, 0.6) is 5.75 Å². The van der Waals surface area contributed by atoms with E-state index in [2.05, 4.69) is 20.9 Å². The maximum Gasteiger partial charge on any atom is 0.164 e. The number of hydrogen-bond donors (Lipinski definition) is 1. The van der Waals surface area contributed by atoms with Gasteiger partial charge in [-0.1, -0.05) is 11.6 Å². The zero-order chi connectivity index (χ0) is 13.3. The van der Waals surface area contributed by atoms with E-state index >= 15 is 0 Å². The van der Waals surface area contributed by atoms with Gasteiger partial charge in [0.15, 0.2) is 11.0 Å². The molecule has 18 heavy (non-hydrogen) atoms. The first kappa shape index (κ1) is 12.8. The molecular weight excluding hydrogens is 322 g/mol. The van der Waals surface area contributed by atoms with Gasteiger partial charge in [-0.2, -0.15) is 5.26 Å². The van der Waals surface area contributed by atoms with Crippen LogP contribution in [0.2, 0.25) is 5.15 Å². The van der Waals surface area contributed by atoms with Crippen LogP contribution in [0.15, 0.2) is 28.9 Å². The lowest BCUT2D eigenvalue weighted by Gasteiger charge is -2.07. The molecule has 2 rings (SSSR count). The molecule has 0 saturated heterocycles. The third kappa shape index (κ3) is 2.30. The number of rotatable bonds is 1. The largest absolute Gasteiger partial charge is 0.506 e. The zero-order valence-corrected chi connectivity index (χ0v) is 11.1. The van der Waals surface area contributed by atoms with Crippen LogP contribution in [0, 0.1) is 17.1 Å². The van der Waals surface area contributed by atoms with Crippen molar-refractivity contribution >= 4 is 27.5 Å². The van der Waals surface area contributed by atoms with Gasteiger partial charge < -0.3 is 5.11 Å². The molecule has 0 aliphatic heterocycles. The molecule has 0 fully saturated rings. The van der Waals surface area contributed by atoms with Crippen molar-refractivity contribution in [2.75, 3.05) is 0 Å². The van der Waals surface area contributed by atoms with Crippen molar-refractivity contribution in [2.45, 2.75) is 0 Å². The van der Waals surface area contributed by atoms with Crippen LogP contribution in [0.3, 0.4) is 0 Å². The minimum Gasteiger partial charge on any atom is -0.506 e. The molecule has 0 bridgehead atoms. The molecule has 0 radical (unpaired) electrons. The van der Waals surface area contributed by atoms with Gasteiger partial charge in [0.05, 0.1) is 16.1 Å². The number of aromatic nitrogens is 1. The number of benzene rings is 1. The Kier molecular flexibility index (Phi) is 3.50. The smallest absolute Gasteiger partial charge is 0.164 e. The predicted octanol–water partition coefficient (Wildman–Crippen LogP) is 3.88. The molecule has 1 aromatic heterocycles. The average Bonchev–Trinajstić information content (AvgIpc) is 2.36. The number of hydrogen-bond acceptors (Lipinski definition) is 3. The standard InChI is InChI=1S/C12H5BrClFN2O/c13-9-2-6(4-16)1-8(11(9)18)7-3-10(15)12(14)17-5-7/h1-3,5,18H. The van der Waals surface area contributed by atoms with E-state index in [1.165, 1.54) is 18.3 Å². The minimum absolute atomic E-state index is 0.0856. The maximum atomic E-state index is 13.3.